The van der Waals surface area contributed by atoms with Crippen LogP contribution in [0.25, 0.3) is 0 Å². The number of nitrogens with zero attached hydrogens (tertiary/aromatic N) is 1. The van der Waals surface area contributed by atoms with Crippen molar-refractivity contribution in [3.8, 4) is 0 Å². The molecule has 0 aliphatic rings. The number of rotatable bonds is 7. The highest BCUT2D eigenvalue weighted by Gasteiger charge is 2.12. The van der Waals surface area contributed by atoms with Crippen molar-refractivity contribution in [3.05, 3.63) is 12.2 Å². The van der Waals surface area contributed by atoms with Crippen LogP contribution in [0.15, 0.2) is 12.2 Å². The predicted octanol–water partition coefficient (Wildman–Crippen LogP) is 2.61. The van der Waals surface area contributed by atoms with E-state index in [1.807, 2.05) is 0 Å². The number of hydrogen-bond acceptors (Lipinski definition) is 3. The van der Waals surface area contributed by atoms with Crippen LogP contribution in [0.5, 0.6) is 0 Å². The highest BCUT2D eigenvalue weighted by atomic mass is 16.5. The number of ether oxygens (including phenoxy) is 1. The Bertz CT molecular complexity index is 226. The van der Waals surface area contributed by atoms with E-state index in [1.54, 1.807) is 6.92 Å². The lowest BCUT2D eigenvalue weighted by Crippen LogP contribution is -2.38. The van der Waals surface area contributed by atoms with Crippen molar-refractivity contribution in [1.82, 2.24) is 4.90 Å². The zero-order valence-electron chi connectivity index (χ0n) is 11.2. The van der Waals surface area contributed by atoms with Gasteiger partial charge in [0.25, 0.3) is 0 Å². The molecule has 0 aliphatic heterocycles. The molecule has 0 atom stereocenters. The molecule has 3 nitrogen and oxygen atoms in total. The second kappa shape index (κ2) is 7.44. The van der Waals surface area contributed by atoms with Crippen LogP contribution >= 0.6 is 0 Å². The van der Waals surface area contributed by atoms with Crippen molar-refractivity contribution in [2.24, 2.45) is 0 Å². The van der Waals surface area contributed by atoms with Gasteiger partial charge in [-0.2, -0.15) is 0 Å². The first-order valence-electron chi connectivity index (χ1n) is 5.94. The van der Waals surface area contributed by atoms with Crippen LogP contribution in [0.1, 0.15) is 41.0 Å². The fourth-order valence-corrected chi connectivity index (χ4v) is 1.65. The number of esters is 1. The fourth-order valence-electron chi connectivity index (χ4n) is 1.65. The van der Waals surface area contributed by atoms with E-state index in [-0.39, 0.29) is 5.97 Å². The summed E-state index contributed by atoms with van der Waals surface area (Å²) < 4.78 is 5.05. The lowest BCUT2D eigenvalue weighted by molar-refractivity contribution is -0.139. The molecule has 0 aromatic rings. The van der Waals surface area contributed by atoms with Gasteiger partial charge in [-0.05, 0) is 41.0 Å². The topological polar surface area (TPSA) is 29.5 Å². The maximum atomic E-state index is 11.1. The Kier molecular flexibility index (Phi) is 7.06. The second-order valence-electron chi connectivity index (χ2n) is 4.70. The molecule has 0 heterocycles. The number of hydrogen-bond donors (Lipinski definition) is 0. The molecular formula is C13H25NO2. The van der Waals surface area contributed by atoms with Crippen LogP contribution in [0.2, 0.25) is 0 Å². The minimum Gasteiger partial charge on any atom is -0.462 e. The van der Waals surface area contributed by atoms with Gasteiger partial charge in [0.15, 0.2) is 0 Å². The number of carbonyl (C=O) groups is 1. The third-order valence-electron chi connectivity index (χ3n) is 2.47. The van der Waals surface area contributed by atoms with Gasteiger partial charge in [-0.1, -0.05) is 6.58 Å². The van der Waals surface area contributed by atoms with Crippen molar-refractivity contribution in [3.63, 3.8) is 0 Å². The summed E-state index contributed by atoms with van der Waals surface area (Å²) >= 11 is 0. The van der Waals surface area contributed by atoms with Gasteiger partial charge < -0.3 is 4.74 Å². The van der Waals surface area contributed by atoms with Gasteiger partial charge in [0, 0.05) is 24.2 Å². The van der Waals surface area contributed by atoms with Gasteiger partial charge in [-0.3, -0.25) is 4.90 Å². The van der Waals surface area contributed by atoms with Crippen LogP contribution in [0, 0.1) is 0 Å². The summed E-state index contributed by atoms with van der Waals surface area (Å²) in [5.41, 5.74) is 0.463. The Morgan fingerprint density at radius 2 is 1.75 bits per heavy atom. The molecule has 0 bridgehead atoms. The molecule has 0 saturated heterocycles. The van der Waals surface area contributed by atoms with E-state index in [9.17, 15) is 4.79 Å². The van der Waals surface area contributed by atoms with Crippen LogP contribution in [-0.4, -0.2) is 36.1 Å². The molecule has 0 aromatic heterocycles. The molecule has 0 saturated carbocycles. The van der Waals surface area contributed by atoms with E-state index in [4.69, 9.17) is 4.74 Å². The van der Waals surface area contributed by atoms with Crippen LogP contribution in [-0.2, 0) is 9.53 Å². The molecule has 0 spiro atoms. The van der Waals surface area contributed by atoms with E-state index in [2.05, 4.69) is 39.2 Å². The summed E-state index contributed by atoms with van der Waals surface area (Å²) in [6.07, 6.45) is 0.870. The van der Waals surface area contributed by atoms with Gasteiger partial charge in [0.1, 0.15) is 0 Å². The van der Waals surface area contributed by atoms with Gasteiger partial charge in [-0.15, -0.1) is 0 Å². The predicted molar refractivity (Wildman–Crippen MR) is 67.4 cm³/mol. The first kappa shape index (κ1) is 15.2. The van der Waals surface area contributed by atoms with Gasteiger partial charge >= 0.3 is 5.97 Å². The highest BCUT2D eigenvalue weighted by Crippen LogP contribution is 2.06. The lowest BCUT2D eigenvalue weighted by atomic mass is 10.2. The zero-order chi connectivity index (χ0) is 12.7. The average Bonchev–Trinajstić information content (AvgIpc) is 2.15. The molecule has 16 heavy (non-hydrogen) atoms. The smallest absolute Gasteiger partial charge is 0.333 e. The third-order valence-corrected chi connectivity index (χ3v) is 2.47. The minimum atomic E-state index is -0.291. The average molecular weight is 227 g/mol. The second-order valence-corrected chi connectivity index (χ2v) is 4.70. The molecule has 0 fully saturated rings. The summed E-state index contributed by atoms with van der Waals surface area (Å²) in [6.45, 7) is 15.4. The first-order valence-corrected chi connectivity index (χ1v) is 5.94. The van der Waals surface area contributed by atoms with Gasteiger partial charge in [0.05, 0.1) is 6.61 Å². The highest BCUT2D eigenvalue weighted by molar-refractivity contribution is 5.86. The van der Waals surface area contributed by atoms with Crippen molar-refractivity contribution in [1.29, 1.82) is 0 Å². The Morgan fingerprint density at radius 3 is 2.12 bits per heavy atom. The molecule has 0 aromatic carbocycles. The van der Waals surface area contributed by atoms with Crippen molar-refractivity contribution >= 4 is 5.97 Å². The Balaban J connectivity index is 3.79. The first-order chi connectivity index (χ1) is 7.36. The molecular weight excluding hydrogens is 202 g/mol. The monoisotopic (exact) mass is 227 g/mol. The molecule has 0 radical (unpaired) electrons. The van der Waals surface area contributed by atoms with E-state index in [0.29, 0.717) is 24.3 Å². The molecule has 0 unspecified atom stereocenters. The zero-order valence-corrected chi connectivity index (χ0v) is 11.2. The standard InChI is InChI=1S/C13H25NO2/c1-10(2)13(15)16-9-7-8-14(11(3)4)12(5)6/h11-12H,1,7-9H2,2-6H3. The summed E-state index contributed by atoms with van der Waals surface area (Å²) in [7, 11) is 0. The summed E-state index contributed by atoms with van der Waals surface area (Å²) in [6, 6.07) is 1.05. The summed E-state index contributed by atoms with van der Waals surface area (Å²) in [5, 5.41) is 0. The van der Waals surface area contributed by atoms with Crippen molar-refractivity contribution in [2.45, 2.75) is 53.1 Å². The Morgan fingerprint density at radius 1 is 1.25 bits per heavy atom. The quantitative estimate of drug-likeness (QED) is 0.380. The van der Waals surface area contributed by atoms with Crippen LogP contribution in [0.3, 0.4) is 0 Å². The third kappa shape index (κ3) is 5.91. The minimum absolute atomic E-state index is 0.291. The molecule has 0 aliphatic carbocycles. The van der Waals surface area contributed by atoms with E-state index < -0.39 is 0 Å². The van der Waals surface area contributed by atoms with Crippen molar-refractivity contribution < 1.29 is 9.53 Å². The van der Waals surface area contributed by atoms with Crippen molar-refractivity contribution in [2.75, 3.05) is 13.2 Å². The molecule has 3 heteroatoms. The lowest BCUT2D eigenvalue weighted by Gasteiger charge is -2.30. The number of carbonyl (C=O) groups excluding carboxylic acids is 1. The maximum Gasteiger partial charge on any atom is 0.333 e. The molecule has 0 rings (SSSR count). The normalized spacial score (nSPS) is 11.2. The maximum absolute atomic E-state index is 11.1. The SMILES string of the molecule is C=C(C)C(=O)OCCCN(C(C)C)C(C)C. The molecule has 0 amide bonds. The van der Waals surface area contributed by atoms with Gasteiger partial charge in [-0.25, -0.2) is 4.79 Å². The van der Waals surface area contributed by atoms with E-state index in [0.717, 1.165) is 13.0 Å². The Labute approximate surface area is 99.5 Å². The molecule has 94 valence electrons. The van der Waals surface area contributed by atoms with Gasteiger partial charge in [0.2, 0.25) is 0 Å². The fraction of sp³-hybridized carbons (Fsp3) is 0.769. The van der Waals surface area contributed by atoms with E-state index >= 15 is 0 Å². The van der Waals surface area contributed by atoms with Crippen LogP contribution < -0.4 is 0 Å². The Hall–Kier alpha value is -0.830. The summed E-state index contributed by atoms with van der Waals surface area (Å²) in [5.74, 6) is -0.291. The van der Waals surface area contributed by atoms with E-state index in [1.165, 1.54) is 0 Å². The molecule has 0 N–H and O–H groups in total. The van der Waals surface area contributed by atoms with Crippen LogP contribution in [0.4, 0.5) is 0 Å². The largest absolute Gasteiger partial charge is 0.462 e. The summed E-state index contributed by atoms with van der Waals surface area (Å²) in [4.78, 5) is 13.5.